The lowest BCUT2D eigenvalue weighted by molar-refractivity contribution is 0.439. The molecule has 1 fully saturated rings. The van der Waals surface area contributed by atoms with Crippen LogP contribution < -0.4 is 15.0 Å². The predicted molar refractivity (Wildman–Crippen MR) is 150 cm³/mol. The van der Waals surface area contributed by atoms with E-state index in [0.29, 0.717) is 10.1 Å². The number of halogens is 1. The first kappa shape index (κ1) is 23.3. The quantitative estimate of drug-likeness (QED) is 0.228. The predicted octanol–water partition coefficient (Wildman–Crippen LogP) is 7.96. The Morgan fingerprint density at radius 2 is 1.54 bits per heavy atom. The highest BCUT2D eigenvalue weighted by atomic mass is 35.5. The van der Waals surface area contributed by atoms with Crippen LogP contribution in [0.3, 0.4) is 0 Å². The zero-order chi connectivity index (χ0) is 25.2. The molecule has 0 radical (unpaired) electrons. The van der Waals surface area contributed by atoms with E-state index in [1.54, 1.807) is 6.20 Å². The van der Waals surface area contributed by atoms with E-state index in [1.165, 1.54) is 0 Å². The molecule has 6 rings (SSSR count). The summed E-state index contributed by atoms with van der Waals surface area (Å²) in [6.07, 6.45) is 1.79. The molecule has 1 aliphatic heterocycles. The van der Waals surface area contributed by atoms with Crippen LogP contribution in [0.4, 0.5) is 5.69 Å². The maximum Gasteiger partial charge on any atom is 0.174 e. The molecule has 5 nitrogen and oxygen atoms in total. The summed E-state index contributed by atoms with van der Waals surface area (Å²) in [6, 6.07) is 34.6. The summed E-state index contributed by atoms with van der Waals surface area (Å²) in [6.45, 7) is 0. The molecule has 0 spiro atoms. The van der Waals surface area contributed by atoms with Crippen LogP contribution >= 0.6 is 23.8 Å². The van der Waals surface area contributed by atoms with E-state index >= 15 is 0 Å². The van der Waals surface area contributed by atoms with Gasteiger partial charge in [-0.3, -0.25) is 4.98 Å². The average Bonchev–Trinajstić information content (AvgIpc) is 3.55. The Hall–Kier alpha value is -4.13. The highest BCUT2D eigenvalue weighted by Gasteiger charge is 2.42. The van der Waals surface area contributed by atoms with Gasteiger partial charge in [0, 0.05) is 22.5 Å². The number of aromatic nitrogens is 1. The smallest absolute Gasteiger partial charge is 0.174 e. The summed E-state index contributed by atoms with van der Waals surface area (Å²) >= 11 is 11.9. The number of nitrogens with zero attached hydrogens (tertiary/aromatic N) is 2. The summed E-state index contributed by atoms with van der Waals surface area (Å²) < 4.78 is 12.4. The van der Waals surface area contributed by atoms with E-state index in [0.717, 1.165) is 40.0 Å². The zero-order valence-electron chi connectivity index (χ0n) is 19.6. The first-order valence-corrected chi connectivity index (χ1v) is 12.6. The van der Waals surface area contributed by atoms with E-state index in [1.807, 2.05) is 109 Å². The van der Waals surface area contributed by atoms with Crippen molar-refractivity contribution in [2.75, 3.05) is 4.90 Å². The minimum Gasteiger partial charge on any atom is -0.459 e. The highest BCUT2D eigenvalue weighted by Crippen LogP contribution is 2.43. The number of furan rings is 1. The molecule has 5 aromatic rings. The Morgan fingerprint density at radius 1 is 0.811 bits per heavy atom. The molecule has 7 heteroatoms. The standard InChI is InChI=1S/C30H22ClN3O2S/c31-21-11-9-20(10-12-21)26-17-18-27(36-26)29-28(25-8-4-5-19-32-25)33-30(37)34(29)22-13-15-24(16-14-22)35-23-6-2-1-3-7-23/h1-19,28-29H,(H,33,37)/t28-,29+/m1/s1. The molecule has 0 saturated carbocycles. The molecule has 37 heavy (non-hydrogen) atoms. The number of hydrogen-bond acceptors (Lipinski definition) is 4. The molecular weight excluding hydrogens is 502 g/mol. The Balaban J connectivity index is 1.35. The van der Waals surface area contributed by atoms with Gasteiger partial charge in [-0.25, -0.2) is 0 Å². The maximum atomic E-state index is 6.41. The molecule has 3 aromatic carbocycles. The summed E-state index contributed by atoms with van der Waals surface area (Å²) in [4.78, 5) is 6.68. The van der Waals surface area contributed by atoms with Crippen LogP contribution in [0, 0.1) is 0 Å². The van der Waals surface area contributed by atoms with Crippen molar-refractivity contribution in [3.8, 4) is 22.8 Å². The molecule has 2 atom stereocenters. The van der Waals surface area contributed by atoms with Crippen LogP contribution in [0.2, 0.25) is 5.02 Å². The molecule has 1 saturated heterocycles. The Kier molecular flexibility index (Phi) is 6.35. The topological polar surface area (TPSA) is 50.5 Å². The lowest BCUT2D eigenvalue weighted by Gasteiger charge is -2.26. The second kappa shape index (κ2) is 10.1. The number of nitrogens with one attached hydrogen (secondary N) is 1. The largest absolute Gasteiger partial charge is 0.459 e. The van der Waals surface area contributed by atoms with Crippen molar-refractivity contribution in [3.63, 3.8) is 0 Å². The molecule has 0 unspecified atom stereocenters. The first-order chi connectivity index (χ1) is 18.2. The molecule has 0 amide bonds. The van der Waals surface area contributed by atoms with E-state index in [-0.39, 0.29) is 12.1 Å². The molecule has 0 aliphatic carbocycles. The van der Waals surface area contributed by atoms with Gasteiger partial charge in [0.2, 0.25) is 0 Å². The second-order valence-electron chi connectivity index (χ2n) is 8.61. The minimum atomic E-state index is -0.246. The molecule has 1 aliphatic rings. The van der Waals surface area contributed by atoms with Gasteiger partial charge in [-0.1, -0.05) is 35.9 Å². The van der Waals surface area contributed by atoms with Gasteiger partial charge in [-0.2, -0.15) is 0 Å². The summed E-state index contributed by atoms with van der Waals surface area (Å²) in [5.41, 5.74) is 2.75. The Labute approximate surface area is 225 Å². The number of pyridine rings is 1. The van der Waals surface area contributed by atoms with Crippen LogP contribution in [-0.4, -0.2) is 10.1 Å². The highest BCUT2D eigenvalue weighted by molar-refractivity contribution is 7.80. The Bertz CT molecular complexity index is 1510. The van der Waals surface area contributed by atoms with Crippen LogP contribution in [0.25, 0.3) is 11.3 Å². The number of thiocarbonyl (C=S) groups is 1. The fourth-order valence-corrected chi connectivity index (χ4v) is 4.97. The number of anilines is 1. The van der Waals surface area contributed by atoms with Crippen molar-refractivity contribution in [1.29, 1.82) is 0 Å². The number of hydrogen-bond donors (Lipinski definition) is 1. The average molecular weight is 524 g/mol. The fourth-order valence-electron chi connectivity index (χ4n) is 4.50. The lowest BCUT2D eigenvalue weighted by atomic mass is 10.0. The summed E-state index contributed by atoms with van der Waals surface area (Å²) in [7, 11) is 0. The minimum absolute atomic E-state index is 0.196. The van der Waals surface area contributed by atoms with Crippen molar-refractivity contribution in [3.05, 3.63) is 132 Å². The van der Waals surface area contributed by atoms with Gasteiger partial charge in [0.25, 0.3) is 0 Å². The second-order valence-corrected chi connectivity index (χ2v) is 9.44. The molecular formula is C30H22ClN3O2S. The monoisotopic (exact) mass is 523 g/mol. The number of benzene rings is 3. The van der Waals surface area contributed by atoms with Gasteiger partial charge in [0.05, 0.1) is 11.7 Å². The van der Waals surface area contributed by atoms with E-state index in [2.05, 4.69) is 15.2 Å². The van der Waals surface area contributed by atoms with Gasteiger partial charge in [-0.05, 0) is 97.1 Å². The van der Waals surface area contributed by atoms with Crippen LogP contribution in [0.5, 0.6) is 11.5 Å². The molecule has 2 aromatic heterocycles. The summed E-state index contributed by atoms with van der Waals surface area (Å²) in [5, 5.41) is 4.75. The van der Waals surface area contributed by atoms with Gasteiger partial charge in [-0.15, -0.1) is 0 Å². The third-order valence-corrected chi connectivity index (χ3v) is 6.81. The van der Waals surface area contributed by atoms with E-state index in [4.69, 9.17) is 33.0 Å². The van der Waals surface area contributed by atoms with Crippen molar-refractivity contribution in [2.45, 2.75) is 12.1 Å². The molecule has 3 heterocycles. The van der Waals surface area contributed by atoms with Crippen LogP contribution in [0.15, 0.2) is 120 Å². The Morgan fingerprint density at radius 3 is 2.27 bits per heavy atom. The fraction of sp³-hybridized carbons (Fsp3) is 0.0667. The third-order valence-electron chi connectivity index (χ3n) is 6.24. The third kappa shape index (κ3) is 4.81. The van der Waals surface area contributed by atoms with Gasteiger partial charge >= 0.3 is 0 Å². The normalized spacial score (nSPS) is 17.0. The molecule has 1 N–H and O–H groups in total. The first-order valence-electron chi connectivity index (χ1n) is 11.8. The lowest BCUT2D eigenvalue weighted by Crippen LogP contribution is -2.29. The molecule has 0 bridgehead atoms. The van der Waals surface area contributed by atoms with Crippen LogP contribution in [-0.2, 0) is 0 Å². The number of para-hydroxylation sites is 1. The maximum absolute atomic E-state index is 6.41. The van der Waals surface area contributed by atoms with E-state index in [9.17, 15) is 0 Å². The van der Waals surface area contributed by atoms with Crippen molar-refractivity contribution in [1.82, 2.24) is 10.3 Å². The number of rotatable bonds is 6. The van der Waals surface area contributed by atoms with Gasteiger partial charge in [0.1, 0.15) is 29.1 Å². The van der Waals surface area contributed by atoms with Crippen LogP contribution in [0.1, 0.15) is 23.5 Å². The van der Waals surface area contributed by atoms with Crippen molar-refractivity contribution < 1.29 is 9.15 Å². The zero-order valence-corrected chi connectivity index (χ0v) is 21.2. The molecule has 182 valence electrons. The van der Waals surface area contributed by atoms with Crippen molar-refractivity contribution in [2.24, 2.45) is 0 Å². The van der Waals surface area contributed by atoms with Gasteiger partial charge in [0.15, 0.2) is 5.11 Å². The van der Waals surface area contributed by atoms with E-state index < -0.39 is 0 Å². The SMILES string of the molecule is S=C1N[C@H](c2ccccn2)[C@H](c2ccc(-c3ccc(Cl)cc3)o2)N1c1ccc(Oc2ccccc2)cc1. The van der Waals surface area contributed by atoms with Crippen molar-refractivity contribution >= 4 is 34.6 Å². The van der Waals surface area contributed by atoms with Gasteiger partial charge < -0.3 is 19.4 Å². The summed E-state index contributed by atoms with van der Waals surface area (Å²) in [5.74, 6) is 3.06. The number of ether oxygens (including phenoxy) is 1.